The van der Waals surface area contributed by atoms with E-state index in [1.807, 2.05) is 25.1 Å². The van der Waals surface area contributed by atoms with Crippen LogP contribution in [0.1, 0.15) is 32.3 Å². The minimum absolute atomic E-state index is 0.327. The molecule has 0 spiro atoms. The number of carbonyl (C=O) groups is 1. The maximum atomic E-state index is 10.7. The smallest absolute Gasteiger partial charge is 0.308 e. The average molecular weight is 234 g/mol. The molecule has 0 radical (unpaired) electrons. The third-order valence-electron chi connectivity index (χ3n) is 2.24. The molecule has 0 aliphatic heterocycles. The first-order valence-electron chi connectivity index (χ1n) is 5.76. The van der Waals surface area contributed by atoms with E-state index in [2.05, 4.69) is 0 Å². The van der Waals surface area contributed by atoms with E-state index in [1.165, 1.54) is 6.92 Å². The zero-order chi connectivity index (χ0) is 12.7. The molecule has 0 aliphatic carbocycles. The van der Waals surface area contributed by atoms with E-state index in [9.17, 15) is 9.90 Å². The highest BCUT2D eigenvalue weighted by molar-refractivity contribution is 5.69. The lowest BCUT2D eigenvalue weighted by Gasteiger charge is -2.03. The van der Waals surface area contributed by atoms with Crippen LogP contribution in [0, 0.1) is 0 Å². The Hall–Kier alpha value is -1.61. The van der Waals surface area contributed by atoms with Gasteiger partial charge in [-0.3, -0.25) is 4.79 Å². The number of carbonyl (C=O) groups excluding carboxylic acids is 1. The maximum Gasteiger partial charge on any atom is 0.308 e. The minimum atomic E-state index is -0.395. The molecule has 1 atom stereocenters. The average Bonchev–Trinajstić information content (AvgIpc) is 2.28. The first-order chi connectivity index (χ1) is 8.11. The van der Waals surface area contributed by atoms with Gasteiger partial charge >= 0.3 is 5.97 Å². The fraction of sp³-hybridized carbons (Fsp3) is 0.357. The van der Waals surface area contributed by atoms with Gasteiger partial charge in [0.2, 0.25) is 0 Å². The van der Waals surface area contributed by atoms with Gasteiger partial charge in [0.15, 0.2) is 0 Å². The Labute approximate surface area is 102 Å². The summed E-state index contributed by atoms with van der Waals surface area (Å²) in [7, 11) is 0. The highest BCUT2D eigenvalue weighted by Crippen LogP contribution is 2.13. The zero-order valence-electron chi connectivity index (χ0n) is 10.2. The first kappa shape index (κ1) is 13.5. The van der Waals surface area contributed by atoms with E-state index >= 15 is 0 Å². The van der Waals surface area contributed by atoms with E-state index in [1.54, 1.807) is 18.2 Å². The van der Waals surface area contributed by atoms with Crippen molar-refractivity contribution in [2.75, 3.05) is 0 Å². The van der Waals surface area contributed by atoms with Crippen LogP contribution < -0.4 is 4.74 Å². The number of hydrogen-bond donors (Lipinski definition) is 1. The van der Waals surface area contributed by atoms with Crippen LogP contribution in [0.15, 0.2) is 30.3 Å². The summed E-state index contributed by atoms with van der Waals surface area (Å²) >= 11 is 0. The number of hydrogen-bond acceptors (Lipinski definition) is 3. The molecule has 0 saturated heterocycles. The quantitative estimate of drug-likeness (QED) is 0.629. The standard InChI is InChI=1S/C14H18O3/c1-3-4-13(16)8-5-12-6-9-14(10-7-12)17-11(2)15/h5-10,13,16H,3-4H2,1-2H3/b8-5+/t13-/m0/s1. The Kier molecular flexibility index (Phi) is 5.43. The van der Waals surface area contributed by atoms with Crippen molar-refractivity contribution in [1.82, 2.24) is 0 Å². The van der Waals surface area contributed by atoms with Crippen molar-refractivity contribution in [3.05, 3.63) is 35.9 Å². The maximum absolute atomic E-state index is 10.7. The molecule has 3 nitrogen and oxygen atoms in total. The van der Waals surface area contributed by atoms with E-state index in [-0.39, 0.29) is 5.97 Å². The summed E-state index contributed by atoms with van der Waals surface area (Å²) in [6.07, 6.45) is 4.95. The van der Waals surface area contributed by atoms with Crippen LogP contribution in [0.2, 0.25) is 0 Å². The summed E-state index contributed by atoms with van der Waals surface area (Å²) in [6.45, 7) is 3.40. The number of rotatable bonds is 5. The SMILES string of the molecule is CCC[C@H](O)/C=C/c1ccc(OC(C)=O)cc1. The van der Waals surface area contributed by atoms with Crippen LogP contribution in [0.5, 0.6) is 5.75 Å². The molecule has 0 heterocycles. The Balaban J connectivity index is 2.58. The van der Waals surface area contributed by atoms with Crippen molar-refractivity contribution in [2.24, 2.45) is 0 Å². The minimum Gasteiger partial charge on any atom is -0.427 e. The van der Waals surface area contributed by atoms with Gasteiger partial charge < -0.3 is 9.84 Å². The van der Waals surface area contributed by atoms with Gasteiger partial charge in [-0.25, -0.2) is 0 Å². The van der Waals surface area contributed by atoms with Gasteiger partial charge in [0.1, 0.15) is 5.75 Å². The van der Waals surface area contributed by atoms with Crippen molar-refractivity contribution >= 4 is 12.0 Å². The summed E-state index contributed by atoms with van der Waals surface area (Å²) < 4.78 is 4.92. The molecule has 0 bridgehead atoms. The number of aliphatic hydroxyl groups excluding tert-OH is 1. The van der Waals surface area contributed by atoms with Gasteiger partial charge in [-0.1, -0.05) is 37.6 Å². The number of benzene rings is 1. The topological polar surface area (TPSA) is 46.5 Å². The second kappa shape index (κ2) is 6.86. The van der Waals surface area contributed by atoms with Crippen molar-refractivity contribution in [3.8, 4) is 5.75 Å². The van der Waals surface area contributed by atoms with Crippen molar-refractivity contribution < 1.29 is 14.6 Å². The Morgan fingerprint density at radius 3 is 2.59 bits per heavy atom. The lowest BCUT2D eigenvalue weighted by Crippen LogP contribution is -2.01. The summed E-state index contributed by atoms with van der Waals surface area (Å²) in [5.74, 6) is 0.204. The van der Waals surface area contributed by atoms with Gasteiger partial charge in [0.05, 0.1) is 6.10 Å². The second-order valence-electron chi connectivity index (χ2n) is 3.88. The van der Waals surface area contributed by atoms with Crippen LogP contribution in [0.25, 0.3) is 6.08 Å². The van der Waals surface area contributed by atoms with Gasteiger partial charge in [-0.15, -0.1) is 0 Å². The molecule has 3 heteroatoms. The molecule has 1 N–H and O–H groups in total. The molecule has 0 fully saturated rings. The van der Waals surface area contributed by atoms with Gasteiger partial charge in [-0.2, -0.15) is 0 Å². The van der Waals surface area contributed by atoms with Crippen LogP contribution in [0.3, 0.4) is 0 Å². The normalized spacial score (nSPS) is 12.6. The lowest BCUT2D eigenvalue weighted by atomic mass is 10.1. The largest absolute Gasteiger partial charge is 0.427 e. The van der Waals surface area contributed by atoms with Gasteiger partial charge in [0, 0.05) is 6.92 Å². The molecule has 0 aliphatic rings. The van der Waals surface area contributed by atoms with E-state index in [0.29, 0.717) is 5.75 Å². The molecule has 0 aromatic heterocycles. The summed E-state index contributed by atoms with van der Waals surface area (Å²) in [4.78, 5) is 10.7. The van der Waals surface area contributed by atoms with Crippen LogP contribution in [-0.2, 0) is 4.79 Å². The molecule has 1 aromatic rings. The Morgan fingerprint density at radius 1 is 1.41 bits per heavy atom. The molecule has 1 aromatic carbocycles. The summed E-state index contributed by atoms with van der Waals surface area (Å²) in [5, 5.41) is 9.53. The van der Waals surface area contributed by atoms with E-state index in [4.69, 9.17) is 4.74 Å². The molecular formula is C14H18O3. The Morgan fingerprint density at radius 2 is 2.06 bits per heavy atom. The van der Waals surface area contributed by atoms with E-state index in [0.717, 1.165) is 18.4 Å². The molecule has 17 heavy (non-hydrogen) atoms. The monoisotopic (exact) mass is 234 g/mol. The molecule has 1 rings (SSSR count). The number of esters is 1. The molecule has 92 valence electrons. The van der Waals surface area contributed by atoms with Gasteiger partial charge in [0.25, 0.3) is 0 Å². The zero-order valence-corrected chi connectivity index (χ0v) is 10.2. The predicted octanol–water partition coefficient (Wildman–Crippen LogP) is 2.79. The van der Waals surface area contributed by atoms with Crippen LogP contribution >= 0.6 is 0 Å². The van der Waals surface area contributed by atoms with E-state index < -0.39 is 6.10 Å². The highest BCUT2D eigenvalue weighted by Gasteiger charge is 1.98. The molecule has 0 unspecified atom stereocenters. The molecular weight excluding hydrogens is 216 g/mol. The first-order valence-corrected chi connectivity index (χ1v) is 5.76. The highest BCUT2D eigenvalue weighted by atomic mass is 16.5. The van der Waals surface area contributed by atoms with Crippen molar-refractivity contribution in [1.29, 1.82) is 0 Å². The van der Waals surface area contributed by atoms with Crippen LogP contribution in [-0.4, -0.2) is 17.2 Å². The second-order valence-corrected chi connectivity index (χ2v) is 3.88. The third-order valence-corrected chi connectivity index (χ3v) is 2.24. The fourth-order valence-corrected chi connectivity index (χ4v) is 1.43. The van der Waals surface area contributed by atoms with Gasteiger partial charge in [-0.05, 0) is 24.1 Å². The number of ether oxygens (including phenoxy) is 1. The van der Waals surface area contributed by atoms with Crippen molar-refractivity contribution in [2.45, 2.75) is 32.8 Å². The summed E-state index contributed by atoms with van der Waals surface area (Å²) in [6, 6.07) is 7.14. The third kappa shape index (κ3) is 5.31. The lowest BCUT2D eigenvalue weighted by molar-refractivity contribution is -0.131. The molecule has 0 saturated carbocycles. The van der Waals surface area contributed by atoms with Crippen LogP contribution in [0.4, 0.5) is 0 Å². The fourth-order valence-electron chi connectivity index (χ4n) is 1.43. The number of aliphatic hydroxyl groups is 1. The Bertz CT molecular complexity index is 379. The summed E-state index contributed by atoms with van der Waals surface area (Å²) in [5.41, 5.74) is 0.969. The predicted molar refractivity (Wildman–Crippen MR) is 67.7 cm³/mol. The van der Waals surface area contributed by atoms with Crippen molar-refractivity contribution in [3.63, 3.8) is 0 Å². The molecule has 0 amide bonds.